The number of primary amides is 1. The fraction of sp³-hybridized carbons (Fsp3) is 0.950. The van der Waals surface area contributed by atoms with Crippen molar-refractivity contribution in [1.82, 2.24) is 4.90 Å². The summed E-state index contributed by atoms with van der Waals surface area (Å²) in [7, 11) is 0. The predicted molar refractivity (Wildman–Crippen MR) is 196 cm³/mol. The third kappa shape index (κ3) is 32.6. The second kappa shape index (κ2) is 35.7. The molecule has 0 aromatic heterocycles. The molecule has 5 nitrogen and oxygen atoms in total. The summed E-state index contributed by atoms with van der Waals surface area (Å²) in [5.41, 5.74) is 5.66. The van der Waals surface area contributed by atoms with Gasteiger partial charge in [-0.1, -0.05) is 206 Å². The first kappa shape index (κ1) is 43.9. The maximum atomic E-state index is 12.1. The van der Waals surface area contributed by atoms with Crippen LogP contribution in [0.25, 0.3) is 0 Å². The number of carbonyl (C=O) groups is 2. The molecule has 0 unspecified atom stereocenters. The summed E-state index contributed by atoms with van der Waals surface area (Å²) in [6.45, 7) is 6.11. The topological polar surface area (TPSA) is 83.6 Å². The Hall–Kier alpha value is -1.10. The van der Waals surface area contributed by atoms with E-state index in [1.165, 1.54) is 180 Å². The van der Waals surface area contributed by atoms with Crippen LogP contribution in [0.2, 0.25) is 0 Å². The minimum Gasteiger partial charge on any atom is -0.481 e. The molecule has 45 heavy (non-hydrogen) atoms. The van der Waals surface area contributed by atoms with Crippen LogP contribution >= 0.6 is 0 Å². The molecule has 1 amide bonds. The summed E-state index contributed by atoms with van der Waals surface area (Å²) in [6.07, 6.45) is 42.5. The van der Waals surface area contributed by atoms with Gasteiger partial charge in [0.25, 0.3) is 0 Å². The standard InChI is InChI=1S/C40H80N2O3/c1-3-5-7-9-11-13-15-17-19-21-23-25-27-29-31-33-35-42(38(40(41)45)37-39(43)44)36-34-32-30-28-26-24-22-20-18-16-14-12-10-8-6-4-2/h38H,3-37H2,1-2H3,(H2,41,45)(H,43,44)/t38-/m0/s1. The smallest absolute Gasteiger partial charge is 0.305 e. The van der Waals surface area contributed by atoms with E-state index in [0.717, 1.165) is 38.8 Å². The van der Waals surface area contributed by atoms with Gasteiger partial charge < -0.3 is 10.8 Å². The molecule has 0 aromatic carbocycles. The lowest BCUT2D eigenvalue weighted by molar-refractivity contribution is -0.141. The normalized spacial score (nSPS) is 12.2. The lowest BCUT2D eigenvalue weighted by atomic mass is 10.0. The lowest BCUT2D eigenvalue weighted by Gasteiger charge is -2.28. The van der Waals surface area contributed by atoms with Crippen LogP contribution in [0.3, 0.4) is 0 Å². The summed E-state index contributed by atoms with van der Waals surface area (Å²) < 4.78 is 0. The molecule has 0 radical (unpaired) electrons. The molecule has 0 rings (SSSR count). The number of nitrogens with zero attached hydrogens (tertiary/aromatic N) is 1. The first-order valence-corrected chi connectivity index (χ1v) is 20.3. The van der Waals surface area contributed by atoms with Gasteiger partial charge in [-0.05, 0) is 25.9 Å². The van der Waals surface area contributed by atoms with E-state index in [-0.39, 0.29) is 6.42 Å². The molecular formula is C40H80N2O3. The molecule has 0 bridgehead atoms. The molecule has 0 aliphatic rings. The zero-order valence-corrected chi connectivity index (χ0v) is 30.6. The van der Waals surface area contributed by atoms with Crippen molar-refractivity contribution >= 4 is 11.9 Å². The molecule has 3 N–H and O–H groups in total. The number of aliphatic carboxylic acids is 1. The molecule has 0 aliphatic carbocycles. The molecular weight excluding hydrogens is 556 g/mol. The zero-order chi connectivity index (χ0) is 33.1. The Balaban J connectivity index is 3.91. The van der Waals surface area contributed by atoms with E-state index in [1.807, 2.05) is 0 Å². The van der Waals surface area contributed by atoms with Gasteiger partial charge in [-0.3, -0.25) is 14.5 Å². The van der Waals surface area contributed by atoms with Gasteiger partial charge in [0.1, 0.15) is 0 Å². The minimum atomic E-state index is -0.942. The van der Waals surface area contributed by atoms with Gasteiger partial charge in [-0.25, -0.2) is 0 Å². The number of rotatable bonds is 38. The Morgan fingerprint density at radius 2 is 0.667 bits per heavy atom. The quantitative estimate of drug-likeness (QED) is 0.0660. The summed E-state index contributed by atoms with van der Waals surface area (Å²) in [5.74, 6) is -1.44. The van der Waals surface area contributed by atoms with E-state index in [0.29, 0.717) is 0 Å². The van der Waals surface area contributed by atoms with Crippen LogP contribution in [-0.2, 0) is 9.59 Å². The van der Waals surface area contributed by atoms with Crippen LogP contribution in [-0.4, -0.2) is 41.0 Å². The van der Waals surface area contributed by atoms with Crippen molar-refractivity contribution in [1.29, 1.82) is 0 Å². The molecule has 0 saturated carbocycles. The Morgan fingerprint density at radius 3 is 0.867 bits per heavy atom. The molecule has 5 heteroatoms. The van der Waals surface area contributed by atoms with E-state index < -0.39 is 17.9 Å². The summed E-state index contributed by atoms with van der Waals surface area (Å²) >= 11 is 0. The van der Waals surface area contributed by atoms with Gasteiger partial charge in [-0.15, -0.1) is 0 Å². The van der Waals surface area contributed by atoms with E-state index in [1.54, 1.807) is 0 Å². The van der Waals surface area contributed by atoms with Gasteiger partial charge >= 0.3 is 5.97 Å². The average Bonchev–Trinajstić information content (AvgIpc) is 3.02. The number of carboxylic acids is 1. The number of carbonyl (C=O) groups excluding carboxylic acids is 1. The fourth-order valence-corrected chi connectivity index (χ4v) is 6.72. The number of unbranched alkanes of at least 4 members (excludes halogenated alkanes) is 30. The lowest BCUT2D eigenvalue weighted by Crippen LogP contribution is -2.46. The Labute approximate surface area is 281 Å². The van der Waals surface area contributed by atoms with Crippen LogP contribution in [0, 0.1) is 0 Å². The third-order valence-corrected chi connectivity index (χ3v) is 9.73. The zero-order valence-electron chi connectivity index (χ0n) is 30.6. The van der Waals surface area contributed by atoms with Gasteiger partial charge in [0, 0.05) is 0 Å². The first-order chi connectivity index (χ1) is 22.0. The van der Waals surface area contributed by atoms with E-state index in [9.17, 15) is 14.7 Å². The third-order valence-electron chi connectivity index (χ3n) is 9.73. The predicted octanol–water partition coefficient (Wildman–Crippen LogP) is 12.1. The van der Waals surface area contributed by atoms with Crippen molar-refractivity contribution in [3.63, 3.8) is 0 Å². The highest BCUT2D eigenvalue weighted by atomic mass is 16.4. The summed E-state index contributed by atoms with van der Waals surface area (Å²) in [5, 5.41) is 9.37. The maximum Gasteiger partial charge on any atom is 0.305 e. The number of hydrogen-bond acceptors (Lipinski definition) is 3. The Morgan fingerprint density at radius 1 is 0.444 bits per heavy atom. The first-order valence-electron chi connectivity index (χ1n) is 20.3. The number of amides is 1. The van der Waals surface area contributed by atoms with E-state index in [2.05, 4.69) is 18.7 Å². The van der Waals surface area contributed by atoms with E-state index >= 15 is 0 Å². The van der Waals surface area contributed by atoms with Crippen LogP contribution in [0.15, 0.2) is 0 Å². The van der Waals surface area contributed by atoms with Crippen molar-refractivity contribution in [3.8, 4) is 0 Å². The van der Waals surface area contributed by atoms with Crippen molar-refractivity contribution in [3.05, 3.63) is 0 Å². The van der Waals surface area contributed by atoms with Crippen LogP contribution in [0.4, 0.5) is 0 Å². The Bertz CT molecular complexity index is 591. The van der Waals surface area contributed by atoms with Crippen LogP contribution in [0.1, 0.15) is 226 Å². The molecule has 0 aromatic rings. The van der Waals surface area contributed by atoms with Gasteiger partial charge in [0.05, 0.1) is 12.5 Å². The van der Waals surface area contributed by atoms with Crippen molar-refractivity contribution < 1.29 is 14.7 Å². The van der Waals surface area contributed by atoms with Gasteiger partial charge in [0.2, 0.25) is 5.91 Å². The molecule has 0 spiro atoms. The van der Waals surface area contributed by atoms with Gasteiger partial charge in [-0.2, -0.15) is 0 Å². The van der Waals surface area contributed by atoms with Crippen molar-refractivity contribution in [2.24, 2.45) is 5.73 Å². The summed E-state index contributed by atoms with van der Waals surface area (Å²) in [6, 6.07) is -0.685. The SMILES string of the molecule is CCCCCCCCCCCCCCCCCCN(CCCCCCCCCCCCCCCCCC)[C@@H](CC(=O)O)C(N)=O. The highest BCUT2D eigenvalue weighted by Gasteiger charge is 2.25. The number of nitrogens with two attached hydrogens (primary N) is 1. The van der Waals surface area contributed by atoms with Crippen molar-refractivity contribution in [2.75, 3.05) is 13.1 Å². The Kier molecular flexibility index (Phi) is 34.9. The number of hydrogen-bond donors (Lipinski definition) is 2. The highest BCUT2D eigenvalue weighted by Crippen LogP contribution is 2.17. The highest BCUT2D eigenvalue weighted by molar-refractivity contribution is 5.84. The van der Waals surface area contributed by atoms with Crippen molar-refractivity contribution in [2.45, 2.75) is 232 Å². The summed E-state index contributed by atoms with van der Waals surface area (Å²) in [4.78, 5) is 25.6. The van der Waals surface area contributed by atoms with Gasteiger partial charge in [0.15, 0.2) is 0 Å². The largest absolute Gasteiger partial charge is 0.481 e. The second-order valence-electron chi connectivity index (χ2n) is 14.2. The van der Waals surface area contributed by atoms with Crippen LogP contribution < -0.4 is 5.73 Å². The molecule has 0 saturated heterocycles. The molecule has 0 heterocycles. The molecule has 0 fully saturated rings. The monoisotopic (exact) mass is 637 g/mol. The fourth-order valence-electron chi connectivity index (χ4n) is 6.72. The van der Waals surface area contributed by atoms with E-state index in [4.69, 9.17) is 5.73 Å². The molecule has 1 atom stereocenters. The second-order valence-corrected chi connectivity index (χ2v) is 14.2. The molecule has 268 valence electrons. The average molecular weight is 637 g/mol. The molecule has 0 aliphatic heterocycles. The number of carboxylic acid groups (broad SMARTS) is 1. The van der Waals surface area contributed by atoms with Crippen LogP contribution in [0.5, 0.6) is 0 Å². The minimum absolute atomic E-state index is 0.187. The maximum absolute atomic E-state index is 12.1.